The van der Waals surface area contributed by atoms with Gasteiger partial charge < -0.3 is 5.32 Å². The molecule has 0 unspecified atom stereocenters. The number of thiazole rings is 1. The Bertz CT molecular complexity index is 774. The zero-order valence-electron chi connectivity index (χ0n) is 11.3. The summed E-state index contributed by atoms with van der Waals surface area (Å²) in [4.78, 5) is 20.3. The topological polar surface area (TPSA) is 66.9 Å². The molecule has 0 bridgehead atoms. The Hall–Kier alpha value is -2.44. The molecule has 0 spiro atoms. The number of rotatable bonds is 3. The van der Waals surface area contributed by atoms with Gasteiger partial charge >= 0.3 is 6.03 Å². The number of urea groups is 1. The summed E-state index contributed by atoms with van der Waals surface area (Å²) in [7, 11) is 0. The minimum Gasteiger partial charge on any atom is -0.308 e. The van der Waals surface area contributed by atoms with E-state index in [-0.39, 0.29) is 6.03 Å². The predicted octanol–water partition coefficient (Wildman–Crippen LogP) is 4.50. The Kier molecular flexibility index (Phi) is 4.32. The first kappa shape index (κ1) is 14.5. The molecule has 3 aromatic rings. The van der Waals surface area contributed by atoms with Gasteiger partial charge in [0.25, 0.3) is 0 Å². The number of nitrogens with one attached hydrogen (secondary N) is 2. The molecule has 2 amide bonds. The van der Waals surface area contributed by atoms with Crippen LogP contribution >= 0.6 is 22.9 Å². The van der Waals surface area contributed by atoms with Gasteiger partial charge in [0.1, 0.15) is 0 Å². The largest absolute Gasteiger partial charge is 0.325 e. The highest BCUT2D eigenvalue weighted by molar-refractivity contribution is 7.14. The van der Waals surface area contributed by atoms with E-state index in [0.29, 0.717) is 15.8 Å². The molecule has 22 heavy (non-hydrogen) atoms. The lowest BCUT2D eigenvalue weighted by atomic mass is 10.2. The minimum absolute atomic E-state index is 0.349. The van der Waals surface area contributed by atoms with Gasteiger partial charge in [-0.2, -0.15) is 0 Å². The number of amides is 2. The van der Waals surface area contributed by atoms with Crippen molar-refractivity contribution in [1.29, 1.82) is 0 Å². The molecule has 0 radical (unpaired) electrons. The van der Waals surface area contributed by atoms with E-state index in [1.54, 1.807) is 36.7 Å². The maximum atomic E-state index is 11.9. The first-order valence-electron chi connectivity index (χ1n) is 6.40. The van der Waals surface area contributed by atoms with E-state index in [4.69, 9.17) is 11.6 Å². The summed E-state index contributed by atoms with van der Waals surface area (Å²) in [6.45, 7) is 0. The molecule has 2 aromatic heterocycles. The van der Waals surface area contributed by atoms with E-state index in [2.05, 4.69) is 20.6 Å². The minimum atomic E-state index is -0.349. The molecule has 2 N–H and O–H groups in total. The highest BCUT2D eigenvalue weighted by Gasteiger charge is 2.08. The summed E-state index contributed by atoms with van der Waals surface area (Å²) in [5.41, 5.74) is 2.42. The second-order valence-corrected chi connectivity index (χ2v) is 5.65. The van der Waals surface area contributed by atoms with E-state index in [9.17, 15) is 4.79 Å². The van der Waals surface area contributed by atoms with Crippen LogP contribution in [0, 0.1) is 0 Å². The number of nitrogens with zero attached hydrogens (tertiary/aromatic N) is 2. The lowest BCUT2D eigenvalue weighted by Gasteiger charge is -2.05. The number of hydrogen-bond donors (Lipinski definition) is 2. The molecule has 2 heterocycles. The maximum absolute atomic E-state index is 11.9. The number of carbonyl (C=O) groups excluding carboxylic acids is 1. The Labute approximate surface area is 136 Å². The molecule has 110 valence electrons. The van der Waals surface area contributed by atoms with Crippen molar-refractivity contribution in [1.82, 2.24) is 9.97 Å². The number of anilines is 2. The molecule has 7 heteroatoms. The Balaban J connectivity index is 1.65. The highest BCUT2D eigenvalue weighted by atomic mass is 35.5. The van der Waals surface area contributed by atoms with Gasteiger partial charge in [-0.15, -0.1) is 11.3 Å². The fourth-order valence-electron chi connectivity index (χ4n) is 1.78. The smallest absolute Gasteiger partial charge is 0.308 e. The molecule has 5 nitrogen and oxygen atoms in total. The van der Waals surface area contributed by atoms with Gasteiger partial charge in [0, 0.05) is 34.0 Å². The quantitative estimate of drug-likeness (QED) is 0.742. The average Bonchev–Trinajstić information content (AvgIpc) is 2.99. The highest BCUT2D eigenvalue weighted by Crippen LogP contribution is 2.24. The van der Waals surface area contributed by atoms with Crippen LogP contribution in [-0.2, 0) is 0 Å². The van der Waals surface area contributed by atoms with Crippen LogP contribution in [0.4, 0.5) is 15.6 Å². The predicted molar refractivity (Wildman–Crippen MR) is 89.4 cm³/mol. The first-order valence-corrected chi connectivity index (χ1v) is 7.66. The van der Waals surface area contributed by atoms with Crippen LogP contribution in [0.5, 0.6) is 0 Å². The van der Waals surface area contributed by atoms with Crippen molar-refractivity contribution in [3.63, 3.8) is 0 Å². The van der Waals surface area contributed by atoms with Crippen molar-refractivity contribution in [3.8, 4) is 11.3 Å². The van der Waals surface area contributed by atoms with Crippen molar-refractivity contribution in [2.75, 3.05) is 10.6 Å². The van der Waals surface area contributed by atoms with Crippen molar-refractivity contribution in [2.45, 2.75) is 0 Å². The van der Waals surface area contributed by atoms with Gasteiger partial charge in [-0.3, -0.25) is 10.3 Å². The number of halogens is 1. The van der Waals surface area contributed by atoms with Crippen molar-refractivity contribution < 1.29 is 4.79 Å². The summed E-state index contributed by atoms with van der Waals surface area (Å²) in [5, 5.41) is 8.45. The second kappa shape index (κ2) is 6.55. The zero-order valence-corrected chi connectivity index (χ0v) is 12.9. The molecule has 0 atom stereocenters. The second-order valence-electron chi connectivity index (χ2n) is 4.36. The summed E-state index contributed by atoms with van der Waals surface area (Å²) in [6.07, 6.45) is 3.41. The fourth-order valence-corrected chi connectivity index (χ4v) is 2.62. The third-order valence-corrected chi connectivity index (χ3v) is 3.81. The van der Waals surface area contributed by atoms with Crippen LogP contribution in [-0.4, -0.2) is 16.0 Å². The van der Waals surface area contributed by atoms with E-state index < -0.39 is 0 Å². The molecule has 1 aromatic carbocycles. The molecule has 0 saturated heterocycles. The zero-order chi connectivity index (χ0) is 15.4. The SMILES string of the molecule is O=C(Nc1ccc(Cl)cc1)Nc1nc(-c2ccncc2)cs1. The van der Waals surface area contributed by atoms with Crippen LogP contribution in [0.2, 0.25) is 5.02 Å². The summed E-state index contributed by atoms with van der Waals surface area (Å²) < 4.78 is 0. The Morgan fingerprint density at radius 1 is 1.05 bits per heavy atom. The number of benzene rings is 1. The normalized spacial score (nSPS) is 10.2. The van der Waals surface area contributed by atoms with Gasteiger partial charge in [-0.05, 0) is 36.4 Å². The number of hydrogen-bond acceptors (Lipinski definition) is 4. The summed E-state index contributed by atoms with van der Waals surface area (Å²) >= 11 is 7.16. The lowest BCUT2D eigenvalue weighted by molar-refractivity contribution is 0.262. The van der Waals surface area contributed by atoms with Gasteiger partial charge in [0.15, 0.2) is 5.13 Å². The van der Waals surface area contributed by atoms with Gasteiger partial charge in [0.05, 0.1) is 5.69 Å². The molecule has 0 aliphatic carbocycles. The molecule has 0 aliphatic heterocycles. The van der Waals surface area contributed by atoms with Crippen molar-refractivity contribution >= 4 is 39.8 Å². The third-order valence-electron chi connectivity index (χ3n) is 2.80. The van der Waals surface area contributed by atoms with E-state index in [1.165, 1.54) is 11.3 Å². The van der Waals surface area contributed by atoms with Crippen molar-refractivity contribution in [3.05, 3.63) is 59.2 Å². The maximum Gasteiger partial charge on any atom is 0.325 e. The van der Waals surface area contributed by atoms with Gasteiger partial charge in [0.2, 0.25) is 0 Å². The standard InChI is InChI=1S/C15H11ClN4OS/c16-11-1-3-12(4-2-11)18-14(21)20-15-19-13(9-22-15)10-5-7-17-8-6-10/h1-9H,(H2,18,19,20,21). The van der Waals surface area contributed by atoms with Crippen LogP contribution < -0.4 is 10.6 Å². The van der Waals surface area contributed by atoms with Crippen LogP contribution in [0.15, 0.2) is 54.2 Å². The Morgan fingerprint density at radius 2 is 1.77 bits per heavy atom. The van der Waals surface area contributed by atoms with E-state index in [0.717, 1.165) is 11.3 Å². The molecule has 3 rings (SSSR count). The lowest BCUT2D eigenvalue weighted by Crippen LogP contribution is -2.19. The van der Waals surface area contributed by atoms with Crippen LogP contribution in [0.25, 0.3) is 11.3 Å². The van der Waals surface area contributed by atoms with E-state index in [1.807, 2.05) is 17.5 Å². The summed E-state index contributed by atoms with van der Waals surface area (Å²) in [5.74, 6) is 0. The molecular weight excluding hydrogens is 320 g/mol. The first-order chi connectivity index (χ1) is 10.7. The monoisotopic (exact) mass is 330 g/mol. The van der Waals surface area contributed by atoms with Gasteiger partial charge in [-0.1, -0.05) is 11.6 Å². The number of pyridine rings is 1. The number of carbonyl (C=O) groups is 1. The summed E-state index contributed by atoms with van der Waals surface area (Å²) in [6, 6.07) is 10.3. The molecular formula is C15H11ClN4OS. The third kappa shape index (κ3) is 3.60. The number of aromatic nitrogens is 2. The van der Waals surface area contributed by atoms with Crippen LogP contribution in [0.3, 0.4) is 0 Å². The van der Waals surface area contributed by atoms with Crippen molar-refractivity contribution in [2.24, 2.45) is 0 Å². The molecule has 0 aliphatic rings. The Morgan fingerprint density at radius 3 is 2.50 bits per heavy atom. The molecule has 0 fully saturated rings. The average molecular weight is 331 g/mol. The van der Waals surface area contributed by atoms with Crippen LogP contribution in [0.1, 0.15) is 0 Å². The van der Waals surface area contributed by atoms with Gasteiger partial charge in [-0.25, -0.2) is 9.78 Å². The molecule has 0 saturated carbocycles. The fraction of sp³-hybridized carbons (Fsp3) is 0. The van der Waals surface area contributed by atoms with E-state index >= 15 is 0 Å².